The van der Waals surface area contributed by atoms with E-state index in [-0.39, 0.29) is 5.56 Å². The number of hydrogen-bond acceptors (Lipinski definition) is 4. The van der Waals surface area contributed by atoms with Gasteiger partial charge in [-0.1, -0.05) is 29.4 Å². The summed E-state index contributed by atoms with van der Waals surface area (Å²) in [6, 6.07) is 11.8. The highest BCUT2D eigenvalue weighted by Gasteiger charge is 2.12. The first-order chi connectivity index (χ1) is 11.9. The SMILES string of the molecule is Cc1noc(C)c1-c1ccc(=O)n(Cc2ccc(CN(C)C)cc2)c1. The monoisotopic (exact) mass is 337 g/mol. The van der Waals surface area contributed by atoms with E-state index in [1.54, 1.807) is 10.6 Å². The van der Waals surface area contributed by atoms with E-state index in [2.05, 4.69) is 34.3 Å². The van der Waals surface area contributed by atoms with Gasteiger partial charge in [0.05, 0.1) is 12.2 Å². The van der Waals surface area contributed by atoms with Crippen LogP contribution < -0.4 is 5.56 Å². The second kappa shape index (κ2) is 7.07. The number of aryl methyl sites for hydroxylation is 2. The van der Waals surface area contributed by atoms with E-state index >= 15 is 0 Å². The van der Waals surface area contributed by atoms with Crippen LogP contribution in [0.3, 0.4) is 0 Å². The Hall–Kier alpha value is -2.66. The Kier molecular flexibility index (Phi) is 4.86. The minimum atomic E-state index is -0.0205. The van der Waals surface area contributed by atoms with Crippen molar-refractivity contribution < 1.29 is 4.52 Å². The van der Waals surface area contributed by atoms with E-state index in [4.69, 9.17) is 4.52 Å². The highest BCUT2D eigenvalue weighted by molar-refractivity contribution is 5.66. The predicted molar refractivity (Wildman–Crippen MR) is 98.6 cm³/mol. The molecule has 0 unspecified atom stereocenters. The molecule has 0 saturated carbocycles. The zero-order chi connectivity index (χ0) is 18.0. The molecule has 0 spiro atoms. The van der Waals surface area contributed by atoms with Gasteiger partial charge < -0.3 is 14.0 Å². The molecule has 0 N–H and O–H groups in total. The molecular formula is C20H23N3O2. The maximum absolute atomic E-state index is 12.2. The molecule has 0 atom stereocenters. The van der Waals surface area contributed by atoms with Crippen LogP contribution in [0.5, 0.6) is 0 Å². The summed E-state index contributed by atoms with van der Waals surface area (Å²) in [7, 11) is 4.10. The van der Waals surface area contributed by atoms with Gasteiger partial charge in [-0.2, -0.15) is 0 Å². The fourth-order valence-corrected chi connectivity index (χ4v) is 3.01. The van der Waals surface area contributed by atoms with E-state index in [1.807, 2.05) is 40.2 Å². The van der Waals surface area contributed by atoms with Crippen LogP contribution in [-0.4, -0.2) is 28.7 Å². The molecule has 3 aromatic rings. The standard InChI is InChI=1S/C20H23N3O2/c1-14-20(15(2)25-21-14)18-9-10-19(24)23(13-18)12-17-7-5-16(6-8-17)11-22(3)4/h5-10,13H,11-12H2,1-4H3. The van der Waals surface area contributed by atoms with Crippen LogP contribution in [0.25, 0.3) is 11.1 Å². The van der Waals surface area contributed by atoms with E-state index in [9.17, 15) is 4.79 Å². The Bertz CT molecular complexity index is 901. The summed E-state index contributed by atoms with van der Waals surface area (Å²) >= 11 is 0. The van der Waals surface area contributed by atoms with Gasteiger partial charge in [-0.25, -0.2) is 0 Å². The van der Waals surface area contributed by atoms with Crippen LogP contribution >= 0.6 is 0 Å². The number of pyridine rings is 1. The van der Waals surface area contributed by atoms with Gasteiger partial charge in [0, 0.05) is 29.9 Å². The lowest BCUT2D eigenvalue weighted by molar-refractivity contribution is 0.393. The van der Waals surface area contributed by atoms with Crippen molar-refractivity contribution in [3.05, 3.63) is 75.5 Å². The second-order valence-electron chi connectivity index (χ2n) is 6.64. The van der Waals surface area contributed by atoms with Gasteiger partial charge in [0.15, 0.2) is 0 Å². The zero-order valence-corrected chi connectivity index (χ0v) is 15.1. The number of nitrogens with zero attached hydrogens (tertiary/aromatic N) is 3. The highest BCUT2D eigenvalue weighted by atomic mass is 16.5. The lowest BCUT2D eigenvalue weighted by atomic mass is 10.1. The average Bonchev–Trinajstić information content (AvgIpc) is 2.90. The van der Waals surface area contributed by atoms with Crippen LogP contribution in [0.2, 0.25) is 0 Å². The largest absolute Gasteiger partial charge is 0.361 e. The number of hydrogen-bond donors (Lipinski definition) is 0. The van der Waals surface area contributed by atoms with E-state index in [1.165, 1.54) is 5.56 Å². The van der Waals surface area contributed by atoms with Crippen molar-refractivity contribution in [2.75, 3.05) is 14.1 Å². The molecule has 0 aliphatic carbocycles. The molecule has 0 amide bonds. The maximum Gasteiger partial charge on any atom is 0.250 e. The van der Waals surface area contributed by atoms with Gasteiger partial charge in [-0.15, -0.1) is 0 Å². The minimum absolute atomic E-state index is 0.0205. The summed E-state index contributed by atoms with van der Waals surface area (Å²) in [6.07, 6.45) is 1.88. The normalized spacial score (nSPS) is 11.2. The topological polar surface area (TPSA) is 51.3 Å². The molecule has 2 aromatic heterocycles. The first-order valence-electron chi connectivity index (χ1n) is 8.30. The van der Waals surface area contributed by atoms with Crippen molar-refractivity contribution in [1.82, 2.24) is 14.6 Å². The predicted octanol–water partition coefficient (Wildman–Crippen LogP) is 3.23. The molecule has 1 aromatic carbocycles. The van der Waals surface area contributed by atoms with Gasteiger partial charge in [0.25, 0.3) is 5.56 Å². The molecular weight excluding hydrogens is 314 g/mol. The minimum Gasteiger partial charge on any atom is -0.361 e. The quantitative estimate of drug-likeness (QED) is 0.717. The molecule has 5 heteroatoms. The molecule has 0 fully saturated rings. The van der Waals surface area contributed by atoms with Crippen LogP contribution in [0.1, 0.15) is 22.6 Å². The van der Waals surface area contributed by atoms with Crippen LogP contribution in [-0.2, 0) is 13.1 Å². The van der Waals surface area contributed by atoms with Crippen LogP contribution in [0.15, 0.2) is 51.9 Å². The summed E-state index contributed by atoms with van der Waals surface area (Å²) in [4.78, 5) is 14.4. The third-order valence-electron chi connectivity index (χ3n) is 4.18. The Balaban J connectivity index is 1.88. The summed E-state index contributed by atoms with van der Waals surface area (Å²) in [6.45, 7) is 5.24. The zero-order valence-electron chi connectivity index (χ0n) is 15.1. The molecule has 0 aliphatic heterocycles. The summed E-state index contributed by atoms with van der Waals surface area (Å²) < 4.78 is 6.97. The molecule has 0 radical (unpaired) electrons. The first-order valence-corrected chi connectivity index (χ1v) is 8.30. The molecule has 0 aliphatic rings. The van der Waals surface area contributed by atoms with E-state index in [0.29, 0.717) is 6.54 Å². The highest BCUT2D eigenvalue weighted by Crippen LogP contribution is 2.25. The van der Waals surface area contributed by atoms with E-state index < -0.39 is 0 Å². The average molecular weight is 337 g/mol. The van der Waals surface area contributed by atoms with Gasteiger partial charge in [-0.3, -0.25) is 4.79 Å². The van der Waals surface area contributed by atoms with Crippen molar-refractivity contribution in [3.8, 4) is 11.1 Å². The molecule has 2 heterocycles. The van der Waals surface area contributed by atoms with Crippen molar-refractivity contribution in [1.29, 1.82) is 0 Å². The fraction of sp³-hybridized carbons (Fsp3) is 0.300. The van der Waals surface area contributed by atoms with Gasteiger partial charge >= 0.3 is 0 Å². The Morgan fingerprint density at radius 1 is 1.04 bits per heavy atom. The first kappa shape index (κ1) is 17.2. The van der Waals surface area contributed by atoms with Gasteiger partial charge in [0.1, 0.15) is 5.76 Å². The summed E-state index contributed by atoms with van der Waals surface area (Å²) in [5.74, 6) is 0.760. The molecule has 25 heavy (non-hydrogen) atoms. The molecule has 3 rings (SSSR count). The Morgan fingerprint density at radius 3 is 2.32 bits per heavy atom. The number of aromatic nitrogens is 2. The molecule has 0 bridgehead atoms. The Morgan fingerprint density at radius 2 is 1.72 bits per heavy atom. The van der Waals surface area contributed by atoms with Crippen molar-refractivity contribution in [2.24, 2.45) is 0 Å². The van der Waals surface area contributed by atoms with Crippen molar-refractivity contribution in [3.63, 3.8) is 0 Å². The third-order valence-corrected chi connectivity index (χ3v) is 4.18. The summed E-state index contributed by atoms with van der Waals surface area (Å²) in [5.41, 5.74) is 5.06. The lowest BCUT2D eigenvalue weighted by Gasteiger charge is -2.11. The smallest absolute Gasteiger partial charge is 0.250 e. The van der Waals surface area contributed by atoms with Gasteiger partial charge in [-0.05, 0) is 45.1 Å². The molecule has 0 saturated heterocycles. The van der Waals surface area contributed by atoms with Crippen molar-refractivity contribution >= 4 is 0 Å². The van der Waals surface area contributed by atoms with Crippen LogP contribution in [0.4, 0.5) is 0 Å². The molecule has 130 valence electrons. The van der Waals surface area contributed by atoms with Gasteiger partial charge in [0.2, 0.25) is 0 Å². The summed E-state index contributed by atoms with van der Waals surface area (Å²) in [5, 5.41) is 4.00. The Labute approximate surface area is 147 Å². The third kappa shape index (κ3) is 3.88. The van der Waals surface area contributed by atoms with E-state index in [0.717, 1.165) is 34.7 Å². The van der Waals surface area contributed by atoms with Crippen LogP contribution in [0, 0.1) is 13.8 Å². The molecule has 5 nitrogen and oxygen atoms in total. The fourth-order valence-electron chi connectivity index (χ4n) is 3.01. The maximum atomic E-state index is 12.2. The number of rotatable bonds is 5. The number of benzene rings is 1. The van der Waals surface area contributed by atoms with Crippen molar-refractivity contribution in [2.45, 2.75) is 26.9 Å². The lowest BCUT2D eigenvalue weighted by Crippen LogP contribution is -2.19. The second-order valence-corrected chi connectivity index (χ2v) is 6.64.